The first-order valence-corrected chi connectivity index (χ1v) is 8.91. The van der Waals surface area contributed by atoms with E-state index in [0.29, 0.717) is 6.04 Å². The maximum absolute atomic E-state index is 3.78. The minimum absolute atomic E-state index is 0.698. The topological polar surface area (TPSA) is 12.0 Å². The summed E-state index contributed by atoms with van der Waals surface area (Å²) in [4.78, 5) is 2.82. The lowest BCUT2D eigenvalue weighted by molar-refractivity contribution is 0.227. The molecule has 0 saturated heterocycles. The molecule has 1 heterocycles. The second-order valence-electron chi connectivity index (χ2n) is 6.51. The standard InChI is InChI=1S/C19H25NS/c1-14-8-10-18(15(2)12-14)20-13-17-9-11-19(21-17)16-6-4-3-5-7-16/h3-7,9,11,14-15,18,20H,8,10,12-13H2,1-2H3. The zero-order valence-electron chi connectivity index (χ0n) is 13.0. The van der Waals surface area contributed by atoms with Crippen LogP contribution in [0.25, 0.3) is 10.4 Å². The second kappa shape index (κ2) is 6.76. The Hall–Kier alpha value is -1.12. The Kier molecular flexibility index (Phi) is 4.77. The van der Waals surface area contributed by atoms with Crippen molar-refractivity contribution in [3.8, 4) is 10.4 Å². The molecule has 2 aromatic rings. The van der Waals surface area contributed by atoms with Crippen LogP contribution in [0.15, 0.2) is 42.5 Å². The summed E-state index contributed by atoms with van der Waals surface area (Å²) in [6.45, 7) is 5.80. The molecule has 0 aliphatic heterocycles. The Morgan fingerprint density at radius 2 is 1.86 bits per heavy atom. The van der Waals surface area contributed by atoms with Crippen molar-refractivity contribution in [1.29, 1.82) is 0 Å². The van der Waals surface area contributed by atoms with Crippen molar-refractivity contribution in [1.82, 2.24) is 5.32 Å². The van der Waals surface area contributed by atoms with Gasteiger partial charge in [0.15, 0.2) is 0 Å². The van der Waals surface area contributed by atoms with Crippen LogP contribution >= 0.6 is 11.3 Å². The molecule has 3 unspecified atom stereocenters. The molecule has 1 aromatic carbocycles. The lowest BCUT2D eigenvalue weighted by Gasteiger charge is -2.33. The third-order valence-electron chi connectivity index (χ3n) is 4.69. The van der Waals surface area contributed by atoms with Crippen molar-refractivity contribution in [3.05, 3.63) is 47.3 Å². The predicted octanol–water partition coefficient (Wildman–Crippen LogP) is 5.33. The highest BCUT2D eigenvalue weighted by atomic mass is 32.1. The fourth-order valence-corrected chi connectivity index (χ4v) is 4.39. The molecule has 1 N–H and O–H groups in total. The van der Waals surface area contributed by atoms with E-state index in [9.17, 15) is 0 Å². The van der Waals surface area contributed by atoms with Gasteiger partial charge in [0, 0.05) is 22.3 Å². The second-order valence-corrected chi connectivity index (χ2v) is 7.68. The van der Waals surface area contributed by atoms with E-state index in [1.54, 1.807) is 0 Å². The highest BCUT2D eigenvalue weighted by Crippen LogP contribution is 2.30. The van der Waals surface area contributed by atoms with Gasteiger partial charge in [0.1, 0.15) is 0 Å². The van der Waals surface area contributed by atoms with Crippen LogP contribution < -0.4 is 5.32 Å². The van der Waals surface area contributed by atoms with E-state index in [1.807, 2.05) is 11.3 Å². The lowest BCUT2D eigenvalue weighted by Crippen LogP contribution is -2.38. The molecular weight excluding hydrogens is 274 g/mol. The first-order valence-electron chi connectivity index (χ1n) is 8.10. The molecule has 1 aromatic heterocycles. The Morgan fingerprint density at radius 3 is 2.62 bits per heavy atom. The van der Waals surface area contributed by atoms with Crippen LogP contribution in [0.2, 0.25) is 0 Å². The maximum atomic E-state index is 3.78. The van der Waals surface area contributed by atoms with Gasteiger partial charge in [-0.2, -0.15) is 0 Å². The molecule has 3 atom stereocenters. The van der Waals surface area contributed by atoms with Gasteiger partial charge in [0.05, 0.1) is 0 Å². The Bertz CT molecular complexity index is 560. The third-order valence-corrected chi connectivity index (χ3v) is 5.82. The molecule has 1 aliphatic carbocycles. The smallest absolute Gasteiger partial charge is 0.0346 e. The molecular formula is C19H25NS. The minimum atomic E-state index is 0.698. The average Bonchev–Trinajstić information content (AvgIpc) is 2.96. The molecule has 3 rings (SSSR count). The van der Waals surface area contributed by atoms with E-state index in [0.717, 1.165) is 18.4 Å². The summed E-state index contributed by atoms with van der Waals surface area (Å²) >= 11 is 1.91. The molecule has 1 nitrogen and oxygen atoms in total. The maximum Gasteiger partial charge on any atom is 0.0346 e. The summed E-state index contributed by atoms with van der Waals surface area (Å²) < 4.78 is 0. The molecule has 112 valence electrons. The van der Waals surface area contributed by atoms with E-state index < -0.39 is 0 Å². The van der Waals surface area contributed by atoms with Crippen LogP contribution in [0.3, 0.4) is 0 Å². The van der Waals surface area contributed by atoms with Crippen molar-refractivity contribution in [2.45, 2.75) is 45.7 Å². The quantitative estimate of drug-likeness (QED) is 0.804. The number of thiophene rings is 1. The van der Waals surface area contributed by atoms with Gasteiger partial charge in [0.25, 0.3) is 0 Å². The zero-order chi connectivity index (χ0) is 14.7. The first kappa shape index (κ1) is 14.8. The molecule has 1 fully saturated rings. The van der Waals surface area contributed by atoms with E-state index in [2.05, 4.69) is 61.6 Å². The minimum Gasteiger partial charge on any atom is -0.309 e. The van der Waals surface area contributed by atoms with Gasteiger partial charge in [-0.3, -0.25) is 0 Å². The largest absolute Gasteiger partial charge is 0.309 e. The number of rotatable bonds is 4. The van der Waals surface area contributed by atoms with Gasteiger partial charge >= 0.3 is 0 Å². The van der Waals surface area contributed by atoms with Crippen LogP contribution in [0, 0.1) is 11.8 Å². The molecule has 0 bridgehead atoms. The van der Waals surface area contributed by atoms with Gasteiger partial charge in [-0.05, 0) is 48.8 Å². The van der Waals surface area contributed by atoms with Gasteiger partial charge in [0.2, 0.25) is 0 Å². The Morgan fingerprint density at radius 1 is 1.05 bits per heavy atom. The van der Waals surface area contributed by atoms with Crippen molar-refractivity contribution < 1.29 is 0 Å². The summed E-state index contributed by atoms with van der Waals surface area (Å²) in [5.41, 5.74) is 1.33. The van der Waals surface area contributed by atoms with Crippen molar-refractivity contribution in [2.75, 3.05) is 0 Å². The zero-order valence-corrected chi connectivity index (χ0v) is 13.8. The van der Waals surface area contributed by atoms with Gasteiger partial charge in [-0.1, -0.05) is 44.2 Å². The summed E-state index contributed by atoms with van der Waals surface area (Å²) in [5, 5.41) is 3.78. The van der Waals surface area contributed by atoms with Crippen LogP contribution in [0.4, 0.5) is 0 Å². The number of benzene rings is 1. The lowest BCUT2D eigenvalue weighted by atomic mass is 9.80. The van der Waals surface area contributed by atoms with E-state index in [-0.39, 0.29) is 0 Å². The monoisotopic (exact) mass is 299 g/mol. The van der Waals surface area contributed by atoms with Crippen LogP contribution in [-0.2, 0) is 6.54 Å². The van der Waals surface area contributed by atoms with Crippen molar-refractivity contribution in [3.63, 3.8) is 0 Å². The van der Waals surface area contributed by atoms with Gasteiger partial charge in [-0.25, -0.2) is 0 Å². The van der Waals surface area contributed by atoms with Gasteiger partial charge in [-0.15, -0.1) is 11.3 Å². The third kappa shape index (κ3) is 3.75. The molecule has 0 spiro atoms. The SMILES string of the molecule is CC1CCC(NCc2ccc(-c3ccccc3)s2)C(C)C1. The Labute approximate surface area is 132 Å². The highest BCUT2D eigenvalue weighted by molar-refractivity contribution is 7.15. The van der Waals surface area contributed by atoms with Crippen molar-refractivity contribution >= 4 is 11.3 Å². The van der Waals surface area contributed by atoms with E-state index in [1.165, 1.54) is 34.6 Å². The van der Waals surface area contributed by atoms with Crippen LogP contribution in [0.1, 0.15) is 38.0 Å². The van der Waals surface area contributed by atoms with Crippen molar-refractivity contribution in [2.24, 2.45) is 11.8 Å². The molecule has 0 amide bonds. The average molecular weight is 299 g/mol. The highest BCUT2D eigenvalue weighted by Gasteiger charge is 2.24. The predicted molar refractivity (Wildman–Crippen MR) is 92.6 cm³/mol. The molecule has 2 heteroatoms. The van der Waals surface area contributed by atoms with E-state index in [4.69, 9.17) is 0 Å². The van der Waals surface area contributed by atoms with Gasteiger partial charge < -0.3 is 5.32 Å². The normalized spacial score (nSPS) is 25.9. The molecule has 0 radical (unpaired) electrons. The summed E-state index contributed by atoms with van der Waals surface area (Å²) in [7, 11) is 0. The summed E-state index contributed by atoms with van der Waals surface area (Å²) in [6, 6.07) is 15.9. The number of nitrogens with one attached hydrogen (secondary N) is 1. The summed E-state index contributed by atoms with van der Waals surface area (Å²) in [6.07, 6.45) is 4.08. The van der Waals surface area contributed by atoms with Crippen LogP contribution in [-0.4, -0.2) is 6.04 Å². The van der Waals surface area contributed by atoms with E-state index >= 15 is 0 Å². The number of hydrogen-bond donors (Lipinski definition) is 1. The first-order chi connectivity index (χ1) is 10.2. The molecule has 1 aliphatic rings. The fraction of sp³-hybridized carbons (Fsp3) is 0.474. The molecule has 1 saturated carbocycles. The fourth-order valence-electron chi connectivity index (χ4n) is 3.43. The Balaban J connectivity index is 1.58. The number of hydrogen-bond acceptors (Lipinski definition) is 2. The van der Waals surface area contributed by atoms with Crippen LogP contribution in [0.5, 0.6) is 0 Å². The summed E-state index contributed by atoms with van der Waals surface area (Å²) in [5.74, 6) is 1.71. The molecule has 21 heavy (non-hydrogen) atoms.